The predicted octanol–water partition coefficient (Wildman–Crippen LogP) is 0.546. The molecule has 0 spiro atoms. The molecule has 4 nitrogen and oxygen atoms in total. The van der Waals surface area contributed by atoms with Crippen molar-refractivity contribution in [2.24, 2.45) is 5.73 Å². The van der Waals surface area contributed by atoms with E-state index in [0.29, 0.717) is 18.8 Å². The molecule has 5 heteroatoms. The highest BCUT2D eigenvalue weighted by Gasteiger charge is 2.22. The summed E-state index contributed by atoms with van der Waals surface area (Å²) in [6.07, 6.45) is 0.680. The maximum atomic E-state index is 10.8. The van der Waals surface area contributed by atoms with Gasteiger partial charge in [-0.05, 0) is 12.0 Å². The van der Waals surface area contributed by atoms with Gasteiger partial charge in [-0.25, -0.2) is 8.42 Å². The molecule has 1 aliphatic rings. The van der Waals surface area contributed by atoms with Crippen LogP contribution in [0.2, 0.25) is 0 Å². The second kappa shape index (κ2) is 3.94. The summed E-state index contributed by atoms with van der Waals surface area (Å²) in [6.45, 7) is 0.453. The van der Waals surface area contributed by atoms with E-state index in [-0.39, 0.29) is 0 Å². The van der Waals surface area contributed by atoms with Crippen LogP contribution in [0.15, 0.2) is 36.2 Å². The van der Waals surface area contributed by atoms with Gasteiger partial charge in [0, 0.05) is 12.1 Å². The molecule has 1 aliphatic heterocycles. The average molecular weight is 224 g/mol. The molecular weight excluding hydrogens is 212 g/mol. The van der Waals surface area contributed by atoms with E-state index in [0.717, 1.165) is 11.1 Å². The lowest BCUT2D eigenvalue weighted by atomic mass is 10.1. The van der Waals surface area contributed by atoms with E-state index < -0.39 is 10.9 Å². The standard InChI is InChI=1S/C10H12N2O2S/c11-10-9(6-7-12(10)15(13)14)8-4-2-1-3-5-8/h1-5,15H,6-7,11H2. The third kappa shape index (κ3) is 1.83. The highest BCUT2D eigenvalue weighted by molar-refractivity contribution is 7.70. The molecule has 1 aromatic carbocycles. The van der Waals surface area contributed by atoms with Crippen LogP contribution in [0, 0.1) is 0 Å². The second-order valence-electron chi connectivity index (χ2n) is 3.34. The van der Waals surface area contributed by atoms with Gasteiger partial charge in [0.1, 0.15) is 5.82 Å². The fourth-order valence-corrected chi connectivity index (χ4v) is 2.28. The molecule has 0 saturated heterocycles. The van der Waals surface area contributed by atoms with Gasteiger partial charge in [0.05, 0.1) is 0 Å². The molecule has 0 radical (unpaired) electrons. The van der Waals surface area contributed by atoms with Crippen LogP contribution >= 0.6 is 0 Å². The lowest BCUT2D eigenvalue weighted by Gasteiger charge is -2.09. The van der Waals surface area contributed by atoms with E-state index >= 15 is 0 Å². The van der Waals surface area contributed by atoms with Crippen molar-refractivity contribution in [3.8, 4) is 0 Å². The summed E-state index contributed by atoms with van der Waals surface area (Å²) in [5.41, 5.74) is 7.68. The summed E-state index contributed by atoms with van der Waals surface area (Å²) in [4.78, 5) is 0. The molecule has 1 heterocycles. The molecule has 0 atom stereocenters. The van der Waals surface area contributed by atoms with E-state index in [1.54, 1.807) is 0 Å². The van der Waals surface area contributed by atoms with Crippen molar-refractivity contribution in [3.63, 3.8) is 0 Å². The minimum absolute atomic E-state index is 0.359. The molecule has 0 unspecified atom stereocenters. The first-order chi connectivity index (χ1) is 7.20. The van der Waals surface area contributed by atoms with Crippen LogP contribution in [0.4, 0.5) is 0 Å². The number of hydrogen-bond donors (Lipinski definition) is 2. The smallest absolute Gasteiger partial charge is 0.226 e. The van der Waals surface area contributed by atoms with Gasteiger partial charge in [-0.3, -0.25) is 4.31 Å². The van der Waals surface area contributed by atoms with Crippen LogP contribution < -0.4 is 5.73 Å². The molecule has 0 aromatic heterocycles. The lowest BCUT2D eigenvalue weighted by Crippen LogP contribution is -2.22. The van der Waals surface area contributed by atoms with Gasteiger partial charge >= 0.3 is 0 Å². The van der Waals surface area contributed by atoms with Crippen molar-refractivity contribution in [1.82, 2.24) is 4.31 Å². The minimum Gasteiger partial charge on any atom is -0.384 e. The first-order valence-corrected chi connectivity index (χ1v) is 5.79. The third-order valence-electron chi connectivity index (χ3n) is 2.48. The Morgan fingerprint density at radius 3 is 2.40 bits per heavy atom. The van der Waals surface area contributed by atoms with E-state index in [4.69, 9.17) is 5.73 Å². The molecule has 15 heavy (non-hydrogen) atoms. The van der Waals surface area contributed by atoms with Crippen LogP contribution in [0.5, 0.6) is 0 Å². The van der Waals surface area contributed by atoms with Gasteiger partial charge in [-0.15, -0.1) is 0 Å². The second-order valence-corrected chi connectivity index (χ2v) is 4.30. The molecule has 0 fully saturated rings. The normalized spacial score (nSPS) is 16.5. The van der Waals surface area contributed by atoms with E-state index in [9.17, 15) is 8.42 Å². The predicted molar refractivity (Wildman–Crippen MR) is 59.2 cm³/mol. The Morgan fingerprint density at radius 2 is 1.87 bits per heavy atom. The number of benzene rings is 1. The van der Waals surface area contributed by atoms with E-state index in [1.165, 1.54) is 4.31 Å². The number of nitrogens with zero attached hydrogens (tertiary/aromatic N) is 1. The van der Waals surface area contributed by atoms with Crippen molar-refractivity contribution >= 4 is 16.5 Å². The Hall–Kier alpha value is -1.49. The fourth-order valence-electron chi connectivity index (χ4n) is 1.72. The summed E-state index contributed by atoms with van der Waals surface area (Å²) in [5, 5.41) is 0. The highest BCUT2D eigenvalue weighted by Crippen LogP contribution is 2.27. The van der Waals surface area contributed by atoms with Crippen molar-refractivity contribution in [3.05, 3.63) is 41.7 Å². The van der Waals surface area contributed by atoms with Crippen LogP contribution in [0.3, 0.4) is 0 Å². The summed E-state index contributed by atoms with van der Waals surface area (Å²) in [6, 6.07) is 9.61. The Labute approximate surface area is 90.1 Å². The third-order valence-corrected chi connectivity index (χ3v) is 3.29. The van der Waals surface area contributed by atoms with Crippen molar-refractivity contribution in [1.29, 1.82) is 0 Å². The fraction of sp³-hybridized carbons (Fsp3) is 0.200. The Bertz CT molecular complexity index is 458. The maximum Gasteiger partial charge on any atom is 0.226 e. The Morgan fingerprint density at radius 1 is 1.20 bits per heavy atom. The largest absolute Gasteiger partial charge is 0.384 e. The SMILES string of the molecule is NC1=C(c2ccccc2)CCN1[SH](=O)=O. The minimum atomic E-state index is -2.61. The van der Waals surface area contributed by atoms with Crippen molar-refractivity contribution in [2.45, 2.75) is 6.42 Å². The molecule has 2 N–H and O–H groups in total. The zero-order valence-electron chi connectivity index (χ0n) is 8.09. The number of thiol groups is 1. The molecule has 0 amide bonds. The van der Waals surface area contributed by atoms with E-state index in [1.807, 2.05) is 30.3 Å². The van der Waals surface area contributed by atoms with Gasteiger partial charge in [-0.2, -0.15) is 0 Å². The molecule has 2 rings (SSSR count). The number of hydrogen-bond acceptors (Lipinski definition) is 3. The van der Waals surface area contributed by atoms with Gasteiger partial charge in [0.25, 0.3) is 0 Å². The molecule has 1 aromatic rings. The molecule has 80 valence electrons. The Kier molecular flexibility index (Phi) is 2.64. The summed E-state index contributed by atoms with van der Waals surface area (Å²) in [7, 11) is -2.61. The van der Waals surface area contributed by atoms with Gasteiger partial charge < -0.3 is 5.73 Å². The van der Waals surface area contributed by atoms with Crippen LogP contribution in [-0.2, 0) is 10.9 Å². The van der Waals surface area contributed by atoms with Gasteiger partial charge in [0.2, 0.25) is 10.9 Å². The summed E-state index contributed by atoms with van der Waals surface area (Å²) < 4.78 is 22.9. The zero-order valence-corrected chi connectivity index (χ0v) is 8.98. The van der Waals surface area contributed by atoms with Gasteiger partial charge in [0.15, 0.2) is 0 Å². The highest BCUT2D eigenvalue weighted by atomic mass is 32.2. The summed E-state index contributed by atoms with van der Waals surface area (Å²) in [5.74, 6) is 0.359. The van der Waals surface area contributed by atoms with Gasteiger partial charge in [-0.1, -0.05) is 30.3 Å². The molecule has 0 aliphatic carbocycles. The van der Waals surface area contributed by atoms with Crippen LogP contribution in [0.1, 0.15) is 12.0 Å². The Balaban J connectivity index is 2.40. The first kappa shape index (κ1) is 10.0. The zero-order chi connectivity index (χ0) is 10.8. The monoisotopic (exact) mass is 224 g/mol. The maximum absolute atomic E-state index is 10.8. The topological polar surface area (TPSA) is 63.4 Å². The number of nitrogens with two attached hydrogens (primary N) is 1. The van der Waals surface area contributed by atoms with Crippen molar-refractivity contribution in [2.75, 3.05) is 6.54 Å². The molecule has 0 bridgehead atoms. The van der Waals surface area contributed by atoms with E-state index in [2.05, 4.69) is 0 Å². The summed E-state index contributed by atoms with van der Waals surface area (Å²) >= 11 is 0. The lowest BCUT2D eigenvalue weighted by molar-refractivity contribution is 0.518. The van der Waals surface area contributed by atoms with Crippen molar-refractivity contribution < 1.29 is 8.42 Å². The molecule has 0 saturated carbocycles. The average Bonchev–Trinajstić information content (AvgIpc) is 2.61. The van der Waals surface area contributed by atoms with Crippen LogP contribution in [0.25, 0.3) is 5.57 Å². The molecular formula is C10H12N2O2S. The quantitative estimate of drug-likeness (QED) is 0.721. The first-order valence-electron chi connectivity index (χ1n) is 4.66. The number of rotatable bonds is 2. The van der Waals surface area contributed by atoms with Crippen LogP contribution in [-0.4, -0.2) is 19.3 Å².